The molecule has 0 atom stereocenters. The number of carboxylic acids is 1. The van der Waals surface area contributed by atoms with Crippen molar-refractivity contribution in [1.82, 2.24) is 4.31 Å². The molecule has 0 spiro atoms. The number of hydrogen-bond donors (Lipinski definition) is 2. The van der Waals surface area contributed by atoms with Crippen LogP contribution >= 0.6 is 0 Å². The number of benzene rings is 1. The molecule has 0 radical (unpaired) electrons. The van der Waals surface area contributed by atoms with Gasteiger partial charge in [0.05, 0.1) is 17.7 Å². The van der Waals surface area contributed by atoms with E-state index in [0.717, 1.165) is 4.31 Å². The van der Waals surface area contributed by atoms with Gasteiger partial charge in [0.15, 0.2) is 0 Å². The average molecular weight is 352 g/mol. The molecule has 0 unspecified atom stereocenters. The fourth-order valence-corrected chi connectivity index (χ4v) is 3.37. The molecule has 0 aliphatic heterocycles. The highest BCUT2D eigenvalue weighted by molar-refractivity contribution is 7.89. The molecule has 1 heterocycles. The van der Waals surface area contributed by atoms with Gasteiger partial charge in [-0.2, -0.15) is 4.31 Å². The Morgan fingerprint density at radius 2 is 1.88 bits per heavy atom. The first-order chi connectivity index (χ1) is 11.3. The van der Waals surface area contributed by atoms with Gasteiger partial charge in [-0.3, -0.25) is 9.59 Å². The molecule has 8 nitrogen and oxygen atoms in total. The quantitative estimate of drug-likeness (QED) is 0.780. The zero-order chi connectivity index (χ0) is 17.7. The second-order valence-electron chi connectivity index (χ2n) is 4.95. The lowest BCUT2D eigenvalue weighted by Gasteiger charge is -2.19. The summed E-state index contributed by atoms with van der Waals surface area (Å²) in [6, 6.07) is 8.61. The zero-order valence-corrected chi connectivity index (χ0v) is 13.6. The van der Waals surface area contributed by atoms with E-state index in [1.54, 1.807) is 12.1 Å². The number of hydrogen-bond acceptors (Lipinski definition) is 5. The number of nitrogens with zero attached hydrogens (tertiary/aromatic N) is 1. The fourth-order valence-electron chi connectivity index (χ4n) is 2.02. The molecule has 1 amide bonds. The van der Waals surface area contributed by atoms with Crippen molar-refractivity contribution < 1.29 is 27.5 Å². The van der Waals surface area contributed by atoms with Crippen molar-refractivity contribution >= 4 is 27.6 Å². The summed E-state index contributed by atoms with van der Waals surface area (Å²) < 4.78 is 31.2. The highest BCUT2D eigenvalue weighted by Crippen LogP contribution is 2.20. The number of carbonyl (C=O) groups excluding carboxylic acids is 1. The van der Waals surface area contributed by atoms with Crippen molar-refractivity contribution in [2.75, 3.05) is 11.9 Å². The second kappa shape index (κ2) is 7.28. The summed E-state index contributed by atoms with van der Waals surface area (Å²) in [5.74, 6) is -1.23. The molecule has 0 aliphatic rings. The first kappa shape index (κ1) is 17.7. The molecule has 2 N–H and O–H groups in total. The van der Waals surface area contributed by atoms with Gasteiger partial charge in [-0.1, -0.05) is 0 Å². The Kier molecular flexibility index (Phi) is 5.37. The number of nitrogens with one attached hydrogen (secondary N) is 1. The summed E-state index contributed by atoms with van der Waals surface area (Å²) in [5, 5.41) is 11.5. The number of sulfonamides is 1. The summed E-state index contributed by atoms with van der Waals surface area (Å²) in [6.45, 7) is 0.439. The van der Waals surface area contributed by atoms with Crippen molar-refractivity contribution in [2.24, 2.45) is 0 Å². The Morgan fingerprint density at radius 3 is 2.38 bits per heavy atom. The maximum atomic E-state index is 12.7. The number of anilines is 1. The van der Waals surface area contributed by atoms with Crippen molar-refractivity contribution in [1.29, 1.82) is 0 Å². The molecule has 0 saturated heterocycles. The summed E-state index contributed by atoms with van der Waals surface area (Å²) in [4.78, 5) is 21.9. The van der Waals surface area contributed by atoms with Gasteiger partial charge >= 0.3 is 5.97 Å². The predicted molar refractivity (Wildman–Crippen MR) is 84.7 cm³/mol. The van der Waals surface area contributed by atoms with Crippen LogP contribution in [0.5, 0.6) is 0 Å². The zero-order valence-electron chi connectivity index (χ0n) is 12.8. The van der Waals surface area contributed by atoms with Crippen LogP contribution in [0.1, 0.15) is 12.7 Å². The van der Waals surface area contributed by atoms with E-state index in [-0.39, 0.29) is 17.3 Å². The van der Waals surface area contributed by atoms with Crippen LogP contribution in [0.15, 0.2) is 52.0 Å². The Bertz CT molecular complexity index is 812. The molecule has 2 aromatic rings. The summed E-state index contributed by atoms with van der Waals surface area (Å²) in [6.07, 6.45) is 1.38. The van der Waals surface area contributed by atoms with Crippen LogP contribution in [0.3, 0.4) is 0 Å². The Balaban J connectivity index is 2.29. The molecular weight excluding hydrogens is 336 g/mol. The van der Waals surface area contributed by atoms with Crippen LogP contribution < -0.4 is 5.32 Å². The lowest BCUT2D eigenvalue weighted by molar-refractivity contribution is -0.137. The first-order valence-electron chi connectivity index (χ1n) is 6.91. The van der Waals surface area contributed by atoms with Gasteiger partial charge in [0.25, 0.3) is 0 Å². The number of furan rings is 1. The molecule has 24 heavy (non-hydrogen) atoms. The van der Waals surface area contributed by atoms with Crippen LogP contribution in [0.4, 0.5) is 5.69 Å². The second-order valence-corrected chi connectivity index (χ2v) is 6.89. The molecule has 0 bridgehead atoms. The molecule has 0 aliphatic carbocycles. The first-order valence-corrected chi connectivity index (χ1v) is 8.35. The van der Waals surface area contributed by atoms with E-state index >= 15 is 0 Å². The molecule has 0 saturated carbocycles. The maximum absolute atomic E-state index is 12.7. The van der Waals surface area contributed by atoms with Gasteiger partial charge in [-0.15, -0.1) is 0 Å². The lowest BCUT2D eigenvalue weighted by atomic mass is 10.3. The number of carboxylic acid groups (broad SMARTS) is 1. The van der Waals surface area contributed by atoms with Crippen LogP contribution in [0, 0.1) is 0 Å². The largest absolute Gasteiger partial charge is 0.480 e. The van der Waals surface area contributed by atoms with E-state index < -0.39 is 22.5 Å². The Labute approximate surface area is 138 Å². The molecule has 1 aromatic heterocycles. The van der Waals surface area contributed by atoms with Gasteiger partial charge < -0.3 is 14.8 Å². The van der Waals surface area contributed by atoms with E-state index in [2.05, 4.69) is 5.32 Å². The smallest absolute Gasteiger partial charge is 0.318 e. The van der Waals surface area contributed by atoms with Gasteiger partial charge in [0.2, 0.25) is 15.9 Å². The van der Waals surface area contributed by atoms with Gasteiger partial charge in [0.1, 0.15) is 12.3 Å². The van der Waals surface area contributed by atoms with Crippen LogP contribution in [0.2, 0.25) is 0 Å². The highest BCUT2D eigenvalue weighted by atomic mass is 32.2. The molecule has 128 valence electrons. The van der Waals surface area contributed by atoms with Crippen molar-refractivity contribution in [3.8, 4) is 0 Å². The van der Waals surface area contributed by atoms with Crippen LogP contribution in [-0.4, -0.2) is 36.3 Å². The topological polar surface area (TPSA) is 117 Å². The summed E-state index contributed by atoms with van der Waals surface area (Å²) in [7, 11) is -4.04. The van der Waals surface area contributed by atoms with E-state index in [1.165, 1.54) is 37.5 Å². The van der Waals surface area contributed by atoms with Crippen LogP contribution in [0.25, 0.3) is 0 Å². The normalized spacial score (nSPS) is 11.4. The van der Waals surface area contributed by atoms with Gasteiger partial charge in [-0.05, 0) is 36.4 Å². The molecule has 2 rings (SSSR count). The highest BCUT2D eigenvalue weighted by Gasteiger charge is 2.27. The molecule has 9 heteroatoms. The average Bonchev–Trinajstić information content (AvgIpc) is 2.99. The number of aliphatic carboxylic acids is 1. The van der Waals surface area contributed by atoms with Gasteiger partial charge in [-0.25, -0.2) is 8.42 Å². The van der Waals surface area contributed by atoms with E-state index in [0.29, 0.717) is 11.4 Å². The van der Waals surface area contributed by atoms with E-state index in [1.807, 2.05) is 0 Å². The Hall–Kier alpha value is -2.65. The summed E-state index contributed by atoms with van der Waals surface area (Å²) in [5.41, 5.74) is 0.442. The lowest BCUT2D eigenvalue weighted by Crippen LogP contribution is -2.35. The minimum absolute atomic E-state index is 0.0793. The molecule has 0 fully saturated rings. The fraction of sp³-hybridized carbons (Fsp3) is 0.200. The number of rotatable bonds is 7. The predicted octanol–water partition coefficient (Wildman–Crippen LogP) is 1.51. The number of carbonyl (C=O) groups is 2. The van der Waals surface area contributed by atoms with E-state index in [9.17, 15) is 18.0 Å². The van der Waals surface area contributed by atoms with Crippen molar-refractivity contribution in [3.05, 3.63) is 48.4 Å². The van der Waals surface area contributed by atoms with E-state index in [4.69, 9.17) is 9.52 Å². The monoisotopic (exact) mass is 352 g/mol. The Morgan fingerprint density at radius 1 is 1.21 bits per heavy atom. The third-order valence-electron chi connectivity index (χ3n) is 3.04. The van der Waals surface area contributed by atoms with Crippen LogP contribution in [-0.2, 0) is 26.2 Å². The SMILES string of the molecule is CC(=O)Nc1ccc(S(=O)(=O)N(CC(=O)O)Cc2ccco2)cc1. The molecular formula is C15H16N2O6S. The van der Waals surface area contributed by atoms with Gasteiger partial charge in [0, 0.05) is 12.6 Å². The third kappa shape index (κ3) is 4.43. The number of amides is 1. The van der Waals surface area contributed by atoms with Crippen molar-refractivity contribution in [2.45, 2.75) is 18.4 Å². The minimum atomic E-state index is -4.04. The standard InChI is InChI=1S/C15H16N2O6S/c1-11(18)16-12-4-6-14(7-5-12)24(21,22)17(10-15(19)20)9-13-3-2-8-23-13/h2-8H,9-10H2,1H3,(H,16,18)(H,19,20). The third-order valence-corrected chi connectivity index (χ3v) is 4.84. The maximum Gasteiger partial charge on any atom is 0.318 e. The summed E-state index contributed by atoms with van der Waals surface area (Å²) >= 11 is 0. The van der Waals surface area contributed by atoms with Crippen molar-refractivity contribution in [3.63, 3.8) is 0 Å². The minimum Gasteiger partial charge on any atom is -0.480 e. The molecule has 1 aromatic carbocycles.